The van der Waals surface area contributed by atoms with Crippen LogP contribution in [0.2, 0.25) is 0 Å². The van der Waals surface area contributed by atoms with E-state index in [1.54, 1.807) is 12.1 Å². The second kappa shape index (κ2) is 9.37. The summed E-state index contributed by atoms with van der Waals surface area (Å²) in [5.41, 5.74) is 1.41. The Balaban J connectivity index is 2.19. The van der Waals surface area contributed by atoms with Gasteiger partial charge in [0, 0.05) is 0 Å². The van der Waals surface area contributed by atoms with Gasteiger partial charge in [-0.05, 0) is 37.3 Å². The third kappa shape index (κ3) is 6.23. The van der Waals surface area contributed by atoms with Crippen LogP contribution in [0.4, 0.5) is 0 Å². The zero-order chi connectivity index (χ0) is 13.9. The summed E-state index contributed by atoms with van der Waals surface area (Å²) in [7, 11) is 0. The van der Waals surface area contributed by atoms with Crippen molar-refractivity contribution in [3.8, 4) is 0 Å². The van der Waals surface area contributed by atoms with Gasteiger partial charge in [-0.1, -0.05) is 50.0 Å². The van der Waals surface area contributed by atoms with E-state index in [-0.39, 0.29) is 0 Å². The highest BCUT2D eigenvalue weighted by Crippen LogP contribution is 2.14. The minimum atomic E-state index is -0.819. The third-order valence-corrected chi connectivity index (χ3v) is 3.35. The van der Waals surface area contributed by atoms with Crippen molar-refractivity contribution in [3.05, 3.63) is 48.0 Å². The van der Waals surface area contributed by atoms with E-state index in [2.05, 4.69) is 6.58 Å². The van der Waals surface area contributed by atoms with Crippen LogP contribution in [0.1, 0.15) is 60.9 Å². The van der Waals surface area contributed by atoms with Gasteiger partial charge in [-0.2, -0.15) is 0 Å². The second-order valence-corrected chi connectivity index (χ2v) is 4.91. The Kier molecular flexibility index (Phi) is 7.64. The Morgan fingerprint density at radius 2 is 1.68 bits per heavy atom. The van der Waals surface area contributed by atoms with Crippen LogP contribution in [0, 0.1) is 0 Å². The lowest BCUT2D eigenvalue weighted by molar-refractivity contribution is 0.0695. The van der Waals surface area contributed by atoms with E-state index in [9.17, 15) is 4.79 Å². The lowest BCUT2D eigenvalue weighted by Gasteiger charge is -2.05. The predicted octanol–water partition coefficient (Wildman–Crippen LogP) is 4.84. The quantitative estimate of drug-likeness (QED) is 0.482. The van der Waals surface area contributed by atoms with E-state index in [4.69, 9.17) is 5.11 Å². The molecule has 0 aliphatic heterocycles. The van der Waals surface area contributed by atoms with Crippen molar-refractivity contribution < 1.29 is 9.90 Å². The molecule has 2 heteroatoms. The van der Waals surface area contributed by atoms with E-state index < -0.39 is 5.97 Å². The third-order valence-electron chi connectivity index (χ3n) is 3.35. The minimum Gasteiger partial charge on any atom is -0.478 e. The first-order valence-corrected chi connectivity index (χ1v) is 7.18. The lowest BCUT2D eigenvalue weighted by Crippen LogP contribution is -2.02. The summed E-state index contributed by atoms with van der Waals surface area (Å²) >= 11 is 0. The van der Waals surface area contributed by atoms with Crippen LogP contribution in [-0.2, 0) is 6.42 Å². The number of allylic oxidation sites excluding steroid dienone is 1. The summed E-state index contributed by atoms with van der Waals surface area (Å²) in [6.07, 6.45) is 11.3. The fraction of sp³-hybridized carbons (Fsp3) is 0.471. The number of rotatable bonds is 10. The maximum Gasteiger partial charge on any atom is 0.335 e. The van der Waals surface area contributed by atoms with Gasteiger partial charge < -0.3 is 5.11 Å². The van der Waals surface area contributed by atoms with Crippen molar-refractivity contribution >= 4 is 5.97 Å². The number of carbonyl (C=O) groups is 1. The van der Waals surface area contributed by atoms with Crippen LogP contribution < -0.4 is 0 Å². The topological polar surface area (TPSA) is 37.3 Å². The Morgan fingerprint density at radius 3 is 2.37 bits per heavy atom. The van der Waals surface area contributed by atoms with Crippen LogP contribution in [0.15, 0.2) is 36.9 Å². The average Bonchev–Trinajstić information content (AvgIpc) is 2.42. The summed E-state index contributed by atoms with van der Waals surface area (Å²) < 4.78 is 0. The normalized spacial score (nSPS) is 10.3. The summed E-state index contributed by atoms with van der Waals surface area (Å²) in [6.45, 7) is 3.72. The number of hydrogen-bond donors (Lipinski definition) is 1. The summed E-state index contributed by atoms with van der Waals surface area (Å²) in [4.78, 5) is 11.0. The van der Waals surface area contributed by atoms with Gasteiger partial charge in [0.25, 0.3) is 0 Å². The van der Waals surface area contributed by atoms with Crippen LogP contribution in [0.3, 0.4) is 0 Å². The SMILES string of the molecule is C=CCCCCCCCCc1ccccc1C(=O)O. The van der Waals surface area contributed by atoms with Crippen molar-refractivity contribution in [2.75, 3.05) is 0 Å². The van der Waals surface area contributed by atoms with E-state index in [1.807, 2.05) is 18.2 Å². The number of benzene rings is 1. The minimum absolute atomic E-state index is 0.452. The molecule has 1 N–H and O–H groups in total. The van der Waals surface area contributed by atoms with Crippen LogP contribution in [0.25, 0.3) is 0 Å². The van der Waals surface area contributed by atoms with Gasteiger partial charge in [0.15, 0.2) is 0 Å². The predicted molar refractivity (Wildman–Crippen MR) is 79.6 cm³/mol. The van der Waals surface area contributed by atoms with Gasteiger partial charge in [-0.3, -0.25) is 0 Å². The fourth-order valence-electron chi connectivity index (χ4n) is 2.26. The average molecular weight is 260 g/mol. The number of hydrogen-bond acceptors (Lipinski definition) is 1. The number of unbranched alkanes of at least 4 members (excludes halogenated alkanes) is 6. The molecule has 0 amide bonds. The van der Waals surface area contributed by atoms with Crippen molar-refractivity contribution in [1.29, 1.82) is 0 Å². The molecule has 1 aromatic carbocycles. The number of carboxylic acid groups (broad SMARTS) is 1. The highest BCUT2D eigenvalue weighted by Gasteiger charge is 2.07. The highest BCUT2D eigenvalue weighted by atomic mass is 16.4. The maximum atomic E-state index is 11.0. The molecule has 104 valence electrons. The Hall–Kier alpha value is -1.57. The molecule has 0 heterocycles. The highest BCUT2D eigenvalue weighted by molar-refractivity contribution is 5.89. The number of aromatic carboxylic acids is 1. The molecule has 0 spiro atoms. The van der Waals surface area contributed by atoms with E-state index in [1.165, 1.54) is 32.1 Å². The molecule has 0 saturated carbocycles. The Morgan fingerprint density at radius 1 is 1.05 bits per heavy atom. The summed E-state index contributed by atoms with van der Waals surface area (Å²) in [5.74, 6) is -0.819. The van der Waals surface area contributed by atoms with Gasteiger partial charge in [0.05, 0.1) is 5.56 Å². The van der Waals surface area contributed by atoms with Gasteiger partial charge in [0.2, 0.25) is 0 Å². The first kappa shape index (κ1) is 15.5. The van der Waals surface area contributed by atoms with Gasteiger partial charge in [-0.25, -0.2) is 4.79 Å². The van der Waals surface area contributed by atoms with Gasteiger partial charge >= 0.3 is 5.97 Å². The molecule has 0 radical (unpaired) electrons. The monoisotopic (exact) mass is 260 g/mol. The van der Waals surface area contributed by atoms with Gasteiger partial charge in [-0.15, -0.1) is 6.58 Å². The molecular formula is C17H24O2. The largest absolute Gasteiger partial charge is 0.478 e. The summed E-state index contributed by atoms with van der Waals surface area (Å²) in [5, 5.41) is 9.08. The molecule has 19 heavy (non-hydrogen) atoms. The van der Waals surface area contributed by atoms with Crippen LogP contribution in [-0.4, -0.2) is 11.1 Å². The molecule has 0 fully saturated rings. The molecule has 0 aliphatic rings. The molecule has 2 nitrogen and oxygen atoms in total. The van der Waals surface area contributed by atoms with Crippen molar-refractivity contribution in [2.24, 2.45) is 0 Å². The molecule has 0 unspecified atom stereocenters. The lowest BCUT2D eigenvalue weighted by atomic mass is 10.0. The molecule has 0 atom stereocenters. The Labute approximate surface area is 116 Å². The van der Waals surface area contributed by atoms with Crippen molar-refractivity contribution in [1.82, 2.24) is 0 Å². The molecule has 1 aromatic rings. The van der Waals surface area contributed by atoms with Crippen molar-refractivity contribution in [2.45, 2.75) is 51.4 Å². The van der Waals surface area contributed by atoms with Crippen LogP contribution in [0.5, 0.6) is 0 Å². The smallest absolute Gasteiger partial charge is 0.335 e. The standard InChI is InChI=1S/C17H24O2/c1-2-3-4-5-6-7-8-9-12-15-13-10-11-14-16(15)17(18)19/h2,10-11,13-14H,1,3-9,12H2,(H,18,19). The molecule has 0 aromatic heterocycles. The fourth-order valence-corrected chi connectivity index (χ4v) is 2.26. The van der Waals surface area contributed by atoms with Crippen molar-refractivity contribution in [3.63, 3.8) is 0 Å². The first-order valence-electron chi connectivity index (χ1n) is 7.18. The molecule has 1 rings (SSSR count). The molecule has 0 aliphatic carbocycles. The molecule has 0 bridgehead atoms. The van der Waals surface area contributed by atoms with E-state index >= 15 is 0 Å². The second-order valence-electron chi connectivity index (χ2n) is 4.91. The molecule has 0 saturated heterocycles. The zero-order valence-electron chi connectivity index (χ0n) is 11.6. The Bertz CT molecular complexity index is 396. The van der Waals surface area contributed by atoms with E-state index in [0.29, 0.717) is 5.56 Å². The number of carboxylic acids is 1. The molecular weight excluding hydrogens is 236 g/mol. The maximum absolute atomic E-state index is 11.0. The van der Waals surface area contributed by atoms with Gasteiger partial charge in [0.1, 0.15) is 0 Å². The van der Waals surface area contributed by atoms with E-state index in [0.717, 1.165) is 24.8 Å². The van der Waals surface area contributed by atoms with Crippen LogP contribution >= 0.6 is 0 Å². The summed E-state index contributed by atoms with van der Waals surface area (Å²) in [6, 6.07) is 7.31. The first-order chi connectivity index (χ1) is 9.25. The zero-order valence-corrected chi connectivity index (χ0v) is 11.6. The number of aryl methyl sites for hydroxylation is 1.